The van der Waals surface area contributed by atoms with Crippen LogP contribution in [0.3, 0.4) is 0 Å². The summed E-state index contributed by atoms with van der Waals surface area (Å²) in [6.07, 6.45) is 0. The Bertz CT molecular complexity index is 776. The molecular weight excluding hydrogens is 292 g/mol. The summed E-state index contributed by atoms with van der Waals surface area (Å²) in [5, 5.41) is 9.58. The molecule has 4 rings (SSSR count). The molecule has 1 fully saturated rings. The van der Waals surface area contributed by atoms with Crippen LogP contribution < -0.4 is 5.01 Å². The van der Waals surface area contributed by atoms with E-state index >= 15 is 0 Å². The van der Waals surface area contributed by atoms with Gasteiger partial charge in [-0.05, 0) is 17.7 Å². The lowest BCUT2D eigenvalue weighted by atomic mass is 10.1. The number of nitrogens with zero attached hydrogens (tertiary/aromatic N) is 4. The molecule has 2 aromatic rings. The molecule has 2 atom stereocenters. The van der Waals surface area contributed by atoms with Gasteiger partial charge in [0.15, 0.2) is 12.1 Å². The molecular formula is C17H14N4O2. The van der Waals surface area contributed by atoms with Crippen LogP contribution in [0.1, 0.15) is 5.56 Å². The van der Waals surface area contributed by atoms with Crippen LogP contribution in [0, 0.1) is 0 Å². The Balaban J connectivity index is 1.62. The number of hydrogen-bond donors (Lipinski definition) is 0. The fraction of sp³-hybridized carbons (Fsp3) is 0.176. The molecule has 0 aliphatic carbocycles. The number of rotatable bonds is 3. The number of amides is 2. The first kappa shape index (κ1) is 13.6. The van der Waals surface area contributed by atoms with Crippen LogP contribution in [0.4, 0.5) is 5.69 Å². The van der Waals surface area contributed by atoms with Gasteiger partial charge in [-0.1, -0.05) is 53.8 Å². The maximum absolute atomic E-state index is 12.7. The first-order valence-electron chi connectivity index (χ1n) is 7.40. The Labute approximate surface area is 133 Å². The molecule has 0 bridgehead atoms. The topological polar surface area (TPSA) is 65.3 Å². The van der Waals surface area contributed by atoms with Gasteiger partial charge >= 0.3 is 0 Å². The molecule has 1 saturated heterocycles. The number of carbonyl (C=O) groups excluding carboxylic acids is 2. The summed E-state index contributed by atoms with van der Waals surface area (Å²) in [5.41, 5.74) is 1.67. The van der Waals surface area contributed by atoms with Crippen LogP contribution in [0.5, 0.6) is 0 Å². The lowest BCUT2D eigenvalue weighted by Crippen LogP contribution is -2.39. The number of fused-ring (bicyclic) bond motifs is 1. The normalized spacial score (nSPS) is 22.8. The van der Waals surface area contributed by atoms with Crippen molar-refractivity contribution < 1.29 is 9.59 Å². The van der Waals surface area contributed by atoms with Crippen LogP contribution in [0.25, 0.3) is 0 Å². The molecule has 2 heterocycles. The fourth-order valence-corrected chi connectivity index (χ4v) is 2.93. The van der Waals surface area contributed by atoms with E-state index < -0.39 is 12.1 Å². The zero-order valence-electron chi connectivity index (χ0n) is 12.2. The maximum atomic E-state index is 12.7. The minimum Gasteiger partial charge on any atom is -0.274 e. The van der Waals surface area contributed by atoms with Gasteiger partial charge in [-0.25, -0.2) is 5.01 Å². The summed E-state index contributed by atoms with van der Waals surface area (Å²) in [5.74, 6) is -0.538. The van der Waals surface area contributed by atoms with Crippen molar-refractivity contribution in [3.8, 4) is 0 Å². The highest BCUT2D eigenvalue weighted by molar-refractivity contribution is 6.10. The molecule has 0 unspecified atom stereocenters. The molecule has 2 aliphatic heterocycles. The molecule has 2 aliphatic rings. The second kappa shape index (κ2) is 5.31. The number of anilines is 1. The fourth-order valence-electron chi connectivity index (χ4n) is 2.93. The molecule has 2 amide bonds. The van der Waals surface area contributed by atoms with Gasteiger partial charge in [0.1, 0.15) is 0 Å². The summed E-state index contributed by atoms with van der Waals surface area (Å²) in [6.45, 7) is 0.268. The van der Waals surface area contributed by atoms with Crippen molar-refractivity contribution in [2.24, 2.45) is 10.3 Å². The smallest absolute Gasteiger partial charge is 0.259 e. The van der Waals surface area contributed by atoms with Gasteiger partial charge in [0.05, 0.1) is 12.2 Å². The van der Waals surface area contributed by atoms with E-state index in [1.54, 1.807) is 0 Å². The van der Waals surface area contributed by atoms with Gasteiger partial charge in [0, 0.05) is 0 Å². The first-order chi connectivity index (χ1) is 11.3. The highest BCUT2D eigenvalue weighted by Crippen LogP contribution is 2.32. The third-order valence-corrected chi connectivity index (χ3v) is 4.08. The predicted molar refractivity (Wildman–Crippen MR) is 83.4 cm³/mol. The van der Waals surface area contributed by atoms with E-state index in [1.807, 2.05) is 60.7 Å². The van der Waals surface area contributed by atoms with E-state index in [1.165, 1.54) is 9.91 Å². The average molecular weight is 306 g/mol. The predicted octanol–water partition coefficient (Wildman–Crippen LogP) is 2.18. The first-order valence-corrected chi connectivity index (χ1v) is 7.40. The summed E-state index contributed by atoms with van der Waals surface area (Å²) >= 11 is 0. The molecule has 2 aromatic carbocycles. The van der Waals surface area contributed by atoms with Gasteiger partial charge < -0.3 is 0 Å². The largest absolute Gasteiger partial charge is 0.274 e. The maximum Gasteiger partial charge on any atom is 0.259 e. The minimum atomic E-state index is -0.744. The van der Waals surface area contributed by atoms with Crippen molar-refractivity contribution in [1.82, 2.24) is 4.90 Å². The number of likely N-dealkylation sites (tertiary alicyclic amines) is 1. The quantitative estimate of drug-likeness (QED) is 0.816. The van der Waals surface area contributed by atoms with Crippen molar-refractivity contribution in [2.45, 2.75) is 18.6 Å². The molecule has 0 saturated carbocycles. The minimum absolute atomic E-state index is 0.252. The Kier molecular flexibility index (Phi) is 3.15. The summed E-state index contributed by atoms with van der Waals surface area (Å²) in [6, 6.07) is 17.3. The van der Waals surface area contributed by atoms with Crippen molar-refractivity contribution in [3.05, 3.63) is 66.2 Å². The van der Waals surface area contributed by atoms with Gasteiger partial charge in [0.2, 0.25) is 0 Å². The molecule has 6 nitrogen and oxygen atoms in total. The van der Waals surface area contributed by atoms with E-state index in [0.717, 1.165) is 11.3 Å². The standard InChI is InChI=1S/C17H14N4O2/c22-16-14-15(21(19-18-14)13-9-5-2-6-10-13)17(23)20(16)11-12-7-3-1-4-8-12/h1-10,14-15H,11H2/t14-,15-/m1/s1. The third-order valence-electron chi connectivity index (χ3n) is 4.08. The van der Waals surface area contributed by atoms with Crippen molar-refractivity contribution in [1.29, 1.82) is 0 Å². The van der Waals surface area contributed by atoms with Gasteiger partial charge in [-0.2, -0.15) is 5.11 Å². The second-order valence-corrected chi connectivity index (χ2v) is 5.52. The van der Waals surface area contributed by atoms with Gasteiger partial charge in [0.25, 0.3) is 11.8 Å². The number of para-hydroxylation sites is 1. The molecule has 0 N–H and O–H groups in total. The Morgan fingerprint density at radius 2 is 1.52 bits per heavy atom. The SMILES string of the molecule is O=C1[C@@H]2N=NN(c3ccccc3)[C@H]2C(=O)N1Cc1ccccc1. The average Bonchev–Trinajstić information content (AvgIpc) is 3.13. The molecule has 23 heavy (non-hydrogen) atoms. The molecule has 0 radical (unpaired) electrons. The Hall–Kier alpha value is -3.02. The highest BCUT2D eigenvalue weighted by Gasteiger charge is 2.54. The van der Waals surface area contributed by atoms with Gasteiger partial charge in [-0.3, -0.25) is 14.5 Å². The molecule has 114 valence electrons. The summed E-state index contributed by atoms with van der Waals surface area (Å²) in [4.78, 5) is 26.5. The van der Waals surface area contributed by atoms with Crippen molar-refractivity contribution in [3.63, 3.8) is 0 Å². The van der Waals surface area contributed by atoms with Crippen LogP contribution in [0.2, 0.25) is 0 Å². The number of imide groups is 1. The van der Waals surface area contributed by atoms with Crippen LogP contribution in [-0.2, 0) is 16.1 Å². The van der Waals surface area contributed by atoms with Gasteiger partial charge in [-0.15, -0.1) is 0 Å². The van der Waals surface area contributed by atoms with Crippen molar-refractivity contribution in [2.75, 3.05) is 5.01 Å². The van der Waals surface area contributed by atoms with E-state index in [-0.39, 0.29) is 18.4 Å². The van der Waals surface area contributed by atoms with E-state index in [9.17, 15) is 9.59 Å². The zero-order valence-corrected chi connectivity index (χ0v) is 12.2. The zero-order chi connectivity index (χ0) is 15.8. The van der Waals surface area contributed by atoms with E-state index in [4.69, 9.17) is 0 Å². The van der Waals surface area contributed by atoms with E-state index in [2.05, 4.69) is 10.3 Å². The highest BCUT2D eigenvalue weighted by atomic mass is 16.2. The number of hydrogen-bond acceptors (Lipinski definition) is 5. The van der Waals surface area contributed by atoms with Crippen LogP contribution in [-0.4, -0.2) is 28.8 Å². The summed E-state index contributed by atoms with van der Waals surface area (Å²) < 4.78 is 0. The molecule has 6 heteroatoms. The van der Waals surface area contributed by atoms with E-state index in [0.29, 0.717) is 0 Å². The molecule has 0 aromatic heterocycles. The Morgan fingerprint density at radius 3 is 2.22 bits per heavy atom. The third kappa shape index (κ3) is 2.19. The summed E-state index contributed by atoms with van der Waals surface area (Å²) in [7, 11) is 0. The monoisotopic (exact) mass is 306 g/mol. The van der Waals surface area contributed by atoms with Crippen LogP contribution in [0.15, 0.2) is 71.0 Å². The van der Waals surface area contributed by atoms with Crippen LogP contribution >= 0.6 is 0 Å². The molecule has 0 spiro atoms. The lowest BCUT2D eigenvalue weighted by molar-refractivity contribution is -0.139. The Morgan fingerprint density at radius 1 is 0.870 bits per heavy atom. The second-order valence-electron chi connectivity index (χ2n) is 5.52. The lowest BCUT2D eigenvalue weighted by Gasteiger charge is -2.20. The number of benzene rings is 2. The van der Waals surface area contributed by atoms with Crippen molar-refractivity contribution >= 4 is 17.5 Å². The number of carbonyl (C=O) groups is 2.